The molecular formula is C21H25N3O5S. The number of nitrogens with zero attached hydrogens (tertiary/aromatic N) is 2. The second-order valence-corrected chi connectivity index (χ2v) is 9.42. The molecule has 2 aromatic rings. The molecule has 0 spiro atoms. The van der Waals surface area contributed by atoms with Gasteiger partial charge in [-0.05, 0) is 48.6 Å². The van der Waals surface area contributed by atoms with Gasteiger partial charge in [-0.3, -0.25) is 4.79 Å². The number of hydrogen-bond acceptors (Lipinski definition) is 6. The molecule has 2 aliphatic rings. The van der Waals surface area contributed by atoms with Crippen molar-refractivity contribution in [2.75, 3.05) is 32.9 Å². The minimum atomic E-state index is -3.57. The number of carbonyl (C=O) groups is 1. The molecule has 1 amide bonds. The lowest BCUT2D eigenvalue weighted by Gasteiger charge is -2.26. The van der Waals surface area contributed by atoms with E-state index in [9.17, 15) is 13.2 Å². The molecule has 1 N–H and O–H groups in total. The van der Waals surface area contributed by atoms with Crippen LogP contribution in [0.3, 0.4) is 0 Å². The molecule has 8 nitrogen and oxygen atoms in total. The zero-order valence-electron chi connectivity index (χ0n) is 16.6. The van der Waals surface area contributed by atoms with Crippen LogP contribution in [0.5, 0.6) is 5.88 Å². The van der Waals surface area contributed by atoms with Crippen molar-refractivity contribution >= 4 is 15.9 Å². The van der Waals surface area contributed by atoms with Gasteiger partial charge in [0.2, 0.25) is 15.9 Å². The van der Waals surface area contributed by atoms with Gasteiger partial charge in [-0.1, -0.05) is 6.07 Å². The molecule has 160 valence electrons. The molecule has 4 rings (SSSR count). The molecule has 1 aromatic heterocycles. The third kappa shape index (κ3) is 5.16. The molecule has 1 saturated carbocycles. The van der Waals surface area contributed by atoms with Crippen LogP contribution in [0.1, 0.15) is 28.8 Å². The average molecular weight is 432 g/mol. The standard InChI is InChI=1S/C21H25N3O5S/c25-21(23-14-17-3-8-20(22-13-17)29-15-16-1-2-16)18-4-6-19(7-5-18)30(26,27)24-9-11-28-12-10-24/h3-8,13,16H,1-2,9-12,14-15H2,(H,23,25). The normalized spacial score (nSPS) is 17.5. The maximum atomic E-state index is 12.6. The highest BCUT2D eigenvalue weighted by Gasteiger charge is 2.26. The monoisotopic (exact) mass is 431 g/mol. The van der Waals surface area contributed by atoms with Crippen molar-refractivity contribution in [3.05, 3.63) is 53.7 Å². The number of amides is 1. The number of carbonyl (C=O) groups excluding carboxylic acids is 1. The van der Waals surface area contributed by atoms with Gasteiger partial charge in [0.05, 0.1) is 24.7 Å². The fraction of sp³-hybridized carbons (Fsp3) is 0.429. The van der Waals surface area contributed by atoms with Gasteiger partial charge in [-0.2, -0.15) is 4.31 Å². The predicted molar refractivity (Wildman–Crippen MR) is 110 cm³/mol. The van der Waals surface area contributed by atoms with Gasteiger partial charge >= 0.3 is 0 Å². The van der Waals surface area contributed by atoms with Crippen molar-refractivity contribution in [3.8, 4) is 5.88 Å². The first-order valence-electron chi connectivity index (χ1n) is 10.1. The Labute approximate surface area is 176 Å². The molecule has 1 aromatic carbocycles. The second-order valence-electron chi connectivity index (χ2n) is 7.48. The number of pyridine rings is 1. The fourth-order valence-electron chi connectivity index (χ4n) is 3.09. The Morgan fingerprint density at radius 1 is 1.13 bits per heavy atom. The van der Waals surface area contributed by atoms with Crippen molar-refractivity contribution in [2.24, 2.45) is 5.92 Å². The van der Waals surface area contributed by atoms with E-state index in [-0.39, 0.29) is 10.8 Å². The highest BCUT2D eigenvalue weighted by molar-refractivity contribution is 7.89. The zero-order valence-corrected chi connectivity index (χ0v) is 17.4. The van der Waals surface area contributed by atoms with Crippen molar-refractivity contribution in [3.63, 3.8) is 0 Å². The number of rotatable bonds is 8. The Morgan fingerprint density at radius 2 is 1.87 bits per heavy atom. The van der Waals surface area contributed by atoms with Crippen molar-refractivity contribution in [1.82, 2.24) is 14.6 Å². The first-order chi connectivity index (χ1) is 14.5. The van der Waals surface area contributed by atoms with Gasteiger partial charge in [-0.25, -0.2) is 13.4 Å². The first kappa shape index (κ1) is 20.8. The Morgan fingerprint density at radius 3 is 2.50 bits per heavy atom. The van der Waals surface area contributed by atoms with E-state index in [2.05, 4.69) is 10.3 Å². The average Bonchev–Trinajstić information content (AvgIpc) is 3.62. The van der Waals surface area contributed by atoms with Crippen LogP contribution in [0.25, 0.3) is 0 Å². The van der Waals surface area contributed by atoms with E-state index in [1.54, 1.807) is 12.3 Å². The summed E-state index contributed by atoms with van der Waals surface area (Å²) in [5, 5.41) is 2.82. The van der Waals surface area contributed by atoms with Crippen LogP contribution in [0.2, 0.25) is 0 Å². The van der Waals surface area contributed by atoms with Crippen LogP contribution >= 0.6 is 0 Å². The van der Waals surface area contributed by atoms with Crippen molar-refractivity contribution in [2.45, 2.75) is 24.3 Å². The smallest absolute Gasteiger partial charge is 0.251 e. The van der Waals surface area contributed by atoms with E-state index in [1.165, 1.54) is 41.4 Å². The highest BCUT2D eigenvalue weighted by Crippen LogP contribution is 2.29. The summed E-state index contributed by atoms with van der Waals surface area (Å²) in [5.41, 5.74) is 1.25. The Balaban J connectivity index is 1.31. The molecule has 0 radical (unpaired) electrons. The van der Waals surface area contributed by atoms with Crippen molar-refractivity contribution < 1.29 is 22.7 Å². The summed E-state index contributed by atoms with van der Waals surface area (Å²) in [6.45, 7) is 2.49. The minimum absolute atomic E-state index is 0.173. The molecule has 30 heavy (non-hydrogen) atoms. The van der Waals surface area contributed by atoms with Crippen LogP contribution in [0, 0.1) is 5.92 Å². The Hall–Kier alpha value is -2.49. The van der Waals surface area contributed by atoms with Gasteiger partial charge in [0.1, 0.15) is 0 Å². The molecule has 1 aliphatic heterocycles. The zero-order chi connectivity index (χ0) is 21.0. The van der Waals surface area contributed by atoms with Crippen LogP contribution in [-0.2, 0) is 21.3 Å². The summed E-state index contributed by atoms with van der Waals surface area (Å²) < 4.78 is 37.5. The van der Waals surface area contributed by atoms with E-state index in [0.717, 1.165) is 5.56 Å². The summed E-state index contributed by atoms with van der Waals surface area (Å²) in [6.07, 6.45) is 4.13. The van der Waals surface area contributed by atoms with E-state index in [1.807, 2.05) is 6.07 Å². The molecule has 1 saturated heterocycles. The maximum absolute atomic E-state index is 12.6. The van der Waals surface area contributed by atoms with Gasteiger partial charge in [-0.15, -0.1) is 0 Å². The number of sulfonamides is 1. The van der Waals surface area contributed by atoms with Gasteiger partial charge < -0.3 is 14.8 Å². The molecule has 1 aliphatic carbocycles. The topological polar surface area (TPSA) is 97.8 Å². The first-order valence-corrected chi connectivity index (χ1v) is 11.5. The summed E-state index contributed by atoms with van der Waals surface area (Å²) in [5.74, 6) is 0.981. The number of morpholine rings is 1. The Kier molecular flexibility index (Phi) is 6.31. The lowest BCUT2D eigenvalue weighted by Crippen LogP contribution is -2.40. The van der Waals surface area contributed by atoms with Crippen LogP contribution in [0.15, 0.2) is 47.5 Å². The summed E-state index contributed by atoms with van der Waals surface area (Å²) in [4.78, 5) is 16.8. The van der Waals surface area contributed by atoms with Gasteiger partial charge in [0, 0.05) is 37.5 Å². The quantitative estimate of drug-likeness (QED) is 0.685. The summed E-state index contributed by atoms with van der Waals surface area (Å²) in [6, 6.07) is 9.65. The number of hydrogen-bond donors (Lipinski definition) is 1. The van der Waals surface area contributed by atoms with Crippen LogP contribution in [0.4, 0.5) is 0 Å². The predicted octanol–water partition coefficient (Wildman–Crippen LogP) is 1.82. The molecule has 0 unspecified atom stereocenters. The molecule has 0 atom stereocenters. The summed E-state index contributed by atoms with van der Waals surface area (Å²) >= 11 is 0. The molecule has 2 fully saturated rings. The maximum Gasteiger partial charge on any atom is 0.251 e. The van der Waals surface area contributed by atoms with E-state index >= 15 is 0 Å². The third-order valence-electron chi connectivity index (χ3n) is 5.14. The molecule has 0 bridgehead atoms. The largest absolute Gasteiger partial charge is 0.477 e. The van der Waals surface area contributed by atoms with Gasteiger partial charge in [0.25, 0.3) is 5.91 Å². The van der Waals surface area contributed by atoms with E-state index in [0.29, 0.717) is 56.8 Å². The number of ether oxygens (including phenoxy) is 2. The van der Waals surface area contributed by atoms with Crippen molar-refractivity contribution in [1.29, 1.82) is 0 Å². The number of aromatic nitrogens is 1. The Bertz CT molecular complexity index is 967. The van der Waals surface area contributed by atoms with E-state index in [4.69, 9.17) is 9.47 Å². The lowest BCUT2D eigenvalue weighted by atomic mass is 10.2. The van der Waals surface area contributed by atoms with Gasteiger partial charge in [0.15, 0.2) is 0 Å². The lowest BCUT2D eigenvalue weighted by molar-refractivity contribution is 0.0730. The molecule has 9 heteroatoms. The molecule has 2 heterocycles. The third-order valence-corrected chi connectivity index (χ3v) is 7.05. The minimum Gasteiger partial charge on any atom is -0.477 e. The summed E-state index contributed by atoms with van der Waals surface area (Å²) in [7, 11) is -3.57. The number of benzene rings is 1. The number of nitrogens with one attached hydrogen (secondary N) is 1. The SMILES string of the molecule is O=C(NCc1ccc(OCC2CC2)nc1)c1ccc(S(=O)(=O)N2CCOCC2)cc1. The molecular weight excluding hydrogens is 406 g/mol. The fourth-order valence-corrected chi connectivity index (χ4v) is 4.50. The van der Waals surface area contributed by atoms with Crippen LogP contribution in [-0.4, -0.2) is 56.5 Å². The van der Waals surface area contributed by atoms with E-state index < -0.39 is 10.0 Å². The highest BCUT2D eigenvalue weighted by atomic mass is 32.2. The second kappa shape index (κ2) is 9.11. The van der Waals surface area contributed by atoms with Crippen LogP contribution < -0.4 is 10.1 Å².